The Hall–Kier alpha value is -0.890. The van der Waals surface area contributed by atoms with Gasteiger partial charge in [-0.25, -0.2) is 0 Å². The summed E-state index contributed by atoms with van der Waals surface area (Å²) in [6.45, 7) is 1.93. The number of anilines is 1. The zero-order valence-electron chi connectivity index (χ0n) is 9.05. The van der Waals surface area contributed by atoms with Gasteiger partial charge in [0.2, 0.25) is 0 Å². The Balaban J connectivity index is 3.03. The largest absolute Gasteiger partial charge is 0.394 e. The lowest BCUT2D eigenvalue weighted by Crippen LogP contribution is -2.32. The lowest BCUT2D eigenvalue weighted by Gasteiger charge is -2.26. The van der Waals surface area contributed by atoms with Crippen molar-refractivity contribution < 1.29 is 10.0 Å². The third-order valence-electron chi connectivity index (χ3n) is 2.45. The molecular formula is C10H13IN2O3. The minimum Gasteiger partial charge on any atom is -0.394 e. The monoisotopic (exact) mass is 336 g/mol. The van der Waals surface area contributed by atoms with Crippen molar-refractivity contribution in [1.82, 2.24) is 0 Å². The Kier molecular flexibility index (Phi) is 4.48. The van der Waals surface area contributed by atoms with Gasteiger partial charge in [-0.05, 0) is 35.6 Å². The zero-order valence-corrected chi connectivity index (χ0v) is 11.2. The van der Waals surface area contributed by atoms with Gasteiger partial charge in [-0.3, -0.25) is 10.1 Å². The second-order valence-corrected chi connectivity index (χ2v) is 4.70. The van der Waals surface area contributed by atoms with Gasteiger partial charge in [-0.2, -0.15) is 0 Å². The van der Waals surface area contributed by atoms with Crippen LogP contribution in [0.25, 0.3) is 0 Å². The Morgan fingerprint density at radius 1 is 1.62 bits per heavy atom. The van der Waals surface area contributed by atoms with E-state index in [-0.39, 0.29) is 18.3 Å². The van der Waals surface area contributed by atoms with Crippen molar-refractivity contribution in [2.75, 3.05) is 18.6 Å². The molecule has 0 aliphatic heterocycles. The molecule has 1 atom stereocenters. The minimum atomic E-state index is -0.415. The van der Waals surface area contributed by atoms with Gasteiger partial charge in [0.1, 0.15) is 0 Å². The molecule has 1 N–H and O–H groups in total. The second kappa shape index (κ2) is 5.44. The molecule has 0 radical (unpaired) electrons. The number of aliphatic hydroxyl groups excluding tert-OH is 1. The maximum Gasteiger partial charge on any atom is 0.270 e. The average Bonchev–Trinajstić information content (AvgIpc) is 2.26. The number of non-ortho nitro benzene ring substituents is 1. The van der Waals surface area contributed by atoms with Crippen LogP contribution >= 0.6 is 22.6 Å². The molecule has 0 bridgehead atoms. The van der Waals surface area contributed by atoms with E-state index in [4.69, 9.17) is 5.11 Å². The predicted octanol–water partition coefficient (Wildman–Crippen LogP) is 2.02. The lowest BCUT2D eigenvalue weighted by molar-refractivity contribution is -0.384. The topological polar surface area (TPSA) is 66.6 Å². The van der Waals surface area contributed by atoms with Crippen LogP contribution < -0.4 is 4.90 Å². The summed E-state index contributed by atoms with van der Waals surface area (Å²) in [5.74, 6) is 0. The Morgan fingerprint density at radius 2 is 2.25 bits per heavy atom. The van der Waals surface area contributed by atoms with E-state index < -0.39 is 4.92 Å². The van der Waals surface area contributed by atoms with Crippen molar-refractivity contribution in [3.63, 3.8) is 0 Å². The molecule has 88 valence electrons. The molecule has 0 aliphatic carbocycles. The maximum absolute atomic E-state index is 10.6. The standard InChI is InChI=1S/C10H13IN2O3/c1-7(6-14)12(2)10-4-3-8(13(15)16)5-9(10)11/h3-5,7,14H,6H2,1-2H3. The van der Waals surface area contributed by atoms with Gasteiger partial charge in [0, 0.05) is 28.8 Å². The van der Waals surface area contributed by atoms with Crippen LogP contribution in [0.1, 0.15) is 6.92 Å². The number of hydrogen-bond acceptors (Lipinski definition) is 4. The highest BCUT2D eigenvalue weighted by Crippen LogP contribution is 2.27. The van der Waals surface area contributed by atoms with Gasteiger partial charge in [0.25, 0.3) is 5.69 Å². The molecule has 0 spiro atoms. The molecular weight excluding hydrogens is 323 g/mol. The quantitative estimate of drug-likeness (QED) is 0.519. The molecule has 6 heteroatoms. The number of likely N-dealkylation sites (N-methyl/N-ethyl adjacent to an activating group) is 1. The van der Waals surface area contributed by atoms with Gasteiger partial charge < -0.3 is 10.0 Å². The van der Waals surface area contributed by atoms with E-state index in [1.807, 2.05) is 18.9 Å². The van der Waals surface area contributed by atoms with Gasteiger partial charge in [-0.15, -0.1) is 0 Å². The third kappa shape index (κ3) is 2.82. The number of rotatable bonds is 4. The Labute approximate surface area is 107 Å². The first-order valence-corrected chi connectivity index (χ1v) is 5.83. The van der Waals surface area contributed by atoms with E-state index in [1.165, 1.54) is 12.1 Å². The fourth-order valence-corrected chi connectivity index (χ4v) is 2.13. The van der Waals surface area contributed by atoms with Crippen LogP contribution in [-0.4, -0.2) is 29.7 Å². The highest BCUT2D eigenvalue weighted by molar-refractivity contribution is 14.1. The van der Waals surface area contributed by atoms with Crippen molar-refractivity contribution in [3.8, 4) is 0 Å². The summed E-state index contributed by atoms with van der Waals surface area (Å²) in [5.41, 5.74) is 0.964. The molecule has 0 fully saturated rings. The van der Waals surface area contributed by atoms with Gasteiger partial charge >= 0.3 is 0 Å². The molecule has 1 unspecified atom stereocenters. The van der Waals surface area contributed by atoms with E-state index in [2.05, 4.69) is 22.6 Å². The second-order valence-electron chi connectivity index (χ2n) is 3.54. The number of halogens is 1. The molecule has 0 saturated heterocycles. The van der Waals surface area contributed by atoms with Crippen LogP contribution in [0.2, 0.25) is 0 Å². The fraction of sp³-hybridized carbons (Fsp3) is 0.400. The number of hydrogen-bond donors (Lipinski definition) is 1. The van der Waals surface area contributed by atoms with Crippen molar-refractivity contribution >= 4 is 34.0 Å². The van der Waals surface area contributed by atoms with Gasteiger partial charge in [0.05, 0.1) is 17.2 Å². The SMILES string of the molecule is CC(CO)N(C)c1ccc([N+](=O)[O-])cc1I. The van der Waals surface area contributed by atoms with E-state index >= 15 is 0 Å². The molecule has 1 aromatic rings. The summed E-state index contributed by atoms with van der Waals surface area (Å²) in [7, 11) is 1.85. The van der Waals surface area contributed by atoms with Crippen molar-refractivity contribution in [1.29, 1.82) is 0 Å². The normalized spacial score (nSPS) is 12.2. The Bertz CT molecular complexity index is 398. The number of nitro benzene ring substituents is 1. The van der Waals surface area contributed by atoms with Crippen LogP contribution in [0.3, 0.4) is 0 Å². The molecule has 0 aliphatic rings. The number of nitro groups is 1. The first-order chi connectivity index (χ1) is 7.47. The highest BCUT2D eigenvalue weighted by Gasteiger charge is 2.14. The molecule has 0 aromatic heterocycles. The lowest BCUT2D eigenvalue weighted by atomic mass is 10.2. The summed E-state index contributed by atoms with van der Waals surface area (Å²) in [4.78, 5) is 12.1. The zero-order chi connectivity index (χ0) is 12.3. The molecule has 0 saturated carbocycles. The van der Waals surface area contributed by atoms with E-state index in [9.17, 15) is 10.1 Å². The minimum absolute atomic E-state index is 0.0185. The summed E-state index contributed by atoms with van der Waals surface area (Å²) in [6.07, 6.45) is 0. The van der Waals surface area contributed by atoms with E-state index in [0.29, 0.717) is 0 Å². The highest BCUT2D eigenvalue weighted by atomic mass is 127. The average molecular weight is 336 g/mol. The molecule has 1 rings (SSSR count). The van der Waals surface area contributed by atoms with Crippen molar-refractivity contribution in [3.05, 3.63) is 31.9 Å². The third-order valence-corrected chi connectivity index (χ3v) is 3.31. The van der Waals surface area contributed by atoms with Crippen LogP contribution in [0.5, 0.6) is 0 Å². The number of aliphatic hydroxyl groups is 1. The van der Waals surface area contributed by atoms with Gasteiger partial charge in [0.15, 0.2) is 0 Å². The summed E-state index contributed by atoms with van der Waals surface area (Å²) in [5, 5.41) is 19.6. The van der Waals surface area contributed by atoms with Crippen LogP contribution in [0.15, 0.2) is 18.2 Å². The number of benzene rings is 1. The fourth-order valence-electron chi connectivity index (χ4n) is 1.26. The van der Waals surface area contributed by atoms with Crippen LogP contribution in [0.4, 0.5) is 11.4 Å². The van der Waals surface area contributed by atoms with E-state index in [1.54, 1.807) is 6.07 Å². The van der Waals surface area contributed by atoms with Crippen molar-refractivity contribution in [2.24, 2.45) is 0 Å². The first kappa shape index (κ1) is 13.2. The number of nitrogens with zero attached hydrogens (tertiary/aromatic N) is 2. The maximum atomic E-state index is 10.6. The van der Waals surface area contributed by atoms with Crippen LogP contribution in [-0.2, 0) is 0 Å². The Morgan fingerprint density at radius 3 is 2.69 bits per heavy atom. The van der Waals surface area contributed by atoms with Crippen LogP contribution in [0, 0.1) is 13.7 Å². The molecule has 0 heterocycles. The molecule has 0 amide bonds. The summed E-state index contributed by atoms with van der Waals surface area (Å²) >= 11 is 2.06. The predicted molar refractivity (Wildman–Crippen MR) is 70.8 cm³/mol. The van der Waals surface area contributed by atoms with Crippen molar-refractivity contribution in [2.45, 2.75) is 13.0 Å². The smallest absolute Gasteiger partial charge is 0.270 e. The van der Waals surface area contributed by atoms with E-state index in [0.717, 1.165) is 9.26 Å². The summed E-state index contributed by atoms with van der Waals surface area (Å²) < 4.78 is 0.801. The molecule has 5 nitrogen and oxygen atoms in total. The molecule has 1 aromatic carbocycles. The van der Waals surface area contributed by atoms with Gasteiger partial charge in [-0.1, -0.05) is 0 Å². The summed E-state index contributed by atoms with van der Waals surface area (Å²) in [6, 6.07) is 4.68. The molecule has 16 heavy (non-hydrogen) atoms. The first-order valence-electron chi connectivity index (χ1n) is 4.75.